The number of fused-ring (bicyclic) bond motifs is 8. The van der Waals surface area contributed by atoms with Crippen molar-refractivity contribution in [2.75, 3.05) is 0 Å². The minimum Gasteiger partial charge on any atom is -0.699 e. The normalized spacial score (nSPS) is 12.0. The van der Waals surface area contributed by atoms with Crippen molar-refractivity contribution in [3.05, 3.63) is 168 Å². The Balaban J connectivity index is 1.48. The quantitative estimate of drug-likeness (QED) is 0.203. The average Bonchev–Trinajstić information content (AvgIpc) is 3.98. The van der Waals surface area contributed by atoms with Crippen molar-refractivity contribution in [3.8, 4) is 44.5 Å². The van der Waals surface area contributed by atoms with Crippen LogP contribution in [-0.4, -0.2) is 19.9 Å². The molecule has 7 aromatic rings. The Hall–Kier alpha value is -6.72. The smallest absolute Gasteiger partial charge is 0.0737 e. The molecule has 0 saturated carbocycles. The second-order valence-corrected chi connectivity index (χ2v) is 12.2. The van der Waals surface area contributed by atoms with Crippen LogP contribution in [0.1, 0.15) is 22.8 Å². The van der Waals surface area contributed by atoms with Gasteiger partial charge in [0.1, 0.15) is 0 Å². The molecule has 0 aliphatic carbocycles. The number of H-pyrrole nitrogens is 2. The lowest BCUT2D eigenvalue weighted by Gasteiger charge is -2.08. The summed E-state index contributed by atoms with van der Waals surface area (Å²) in [4.78, 5) is 18.2. The van der Waals surface area contributed by atoms with E-state index in [-0.39, 0.29) is 0 Å². The van der Waals surface area contributed by atoms with Gasteiger partial charge >= 0.3 is 0 Å². The van der Waals surface area contributed by atoms with E-state index < -0.39 is 0 Å². The van der Waals surface area contributed by atoms with Crippen molar-refractivity contribution >= 4 is 52.1 Å². The molecular formula is C44H30N5-. The third-order valence-electron chi connectivity index (χ3n) is 9.11. The first-order valence-electron chi connectivity index (χ1n) is 16.3. The number of aromatic amines is 2. The predicted octanol–water partition coefficient (Wildman–Crippen LogP) is 12.0. The van der Waals surface area contributed by atoms with Crippen LogP contribution in [0.5, 0.6) is 0 Å². The van der Waals surface area contributed by atoms with E-state index in [9.17, 15) is 0 Å². The number of nitrogens with zero attached hydrogens (tertiary/aromatic N) is 2. The first-order valence-corrected chi connectivity index (χ1v) is 16.3. The molecule has 0 atom stereocenters. The maximum absolute atomic E-state index is 8.15. The van der Waals surface area contributed by atoms with Gasteiger partial charge in [0.25, 0.3) is 0 Å². The molecule has 5 heterocycles. The Morgan fingerprint density at radius 3 is 0.918 bits per heavy atom. The Morgan fingerprint density at radius 2 is 0.612 bits per heavy atom. The van der Waals surface area contributed by atoms with Gasteiger partial charge in [0.05, 0.1) is 22.8 Å². The van der Waals surface area contributed by atoms with Crippen LogP contribution < -0.4 is 0 Å². The molecule has 2 aliphatic heterocycles. The van der Waals surface area contributed by atoms with Gasteiger partial charge in [-0.05, 0) is 70.8 Å². The highest BCUT2D eigenvalue weighted by Crippen LogP contribution is 2.38. The van der Waals surface area contributed by atoms with Crippen molar-refractivity contribution in [2.45, 2.75) is 0 Å². The Kier molecular flexibility index (Phi) is 6.87. The van der Waals surface area contributed by atoms with Gasteiger partial charge < -0.3 is 15.7 Å². The summed E-state index contributed by atoms with van der Waals surface area (Å²) in [7, 11) is 0. The summed E-state index contributed by atoms with van der Waals surface area (Å²) < 4.78 is 0. The zero-order valence-electron chi connectivity index (χ0n) is 26.5. The first-order chi connectivity index (χ1) is 24.2. The zero-order chi connectivity index (χ0) is 32.7. The van der Waals surface area contributed by atoms with Crippen LogP contribution in [0.15, 0.2) is 140 Å². The van der Waals surface area contributed by atoms with Crippen LogP contribution in [-0.2, 0) is 0 Å². The molecule has 5 heteroatoms. The van der Waals surface area contributed by atoms with Gasteiger partial charge in [0, 0.05) is 44.3 Å². The Morgan fingerprint density at radius 1 is 0.327 bits per heavy atom. The molecule has 0 amide bonds. The summed E-state index contributed by atoms with van der Waals surface area (Å²) in [5.74, 6) is 0. The Bertz CT molecular complexity index is 2540. The third kappa shape index (κ3) is 5.14. The highest BCUT2D eigenvalue weighted by Gasteiger charge is 2.18. The van der Waals surface area contributed by atoms with E-state index in [0.717, 1.165) is 89.4 Å². The molecule has 2 aliphatic rings. The molecule has 4 aromatic carbocycles. The van der Waals surface area contributed by atoms with E-state index in [4.69, 9.17) is 15.7 Å². The molecular weight excluding hydrogens is 599 g/mol. The second kappa shape index (κ2) is 11.8. The van der Waals surface area contributed by atoms with Crippen LogP contribution >= 0.6 is 0 Å². The number of aromatic nitrogens is 4. The van der Waals surface area contributed by atoms with Crippen LogP contribution in [0.4, 0.5) is 5.69 Å². The average molecular weight is 629 g/mol. The summed E-state index contributed by atoms with van der Waals surface area (Å²) in [6, 6.07) is 47.5. The highest BCUT2D eigenvalue weighted by molar-refractivity contribution is 5.99. The van der Waals surface area contributed by atoms with E-state index >= 15 is 0 Å². The van der Waals surface area contributed by atoms with E-state index in [0.29, 0.717) is 5.69 Å². The number of rotatable bonds is 4. The Labute approximate surface area is 283 Å². The highest BCUT2D eigenvalue weighted by atomic mass is 14.8. The van der Waals surface area contributed by atoms with Gasteiger partial charge in [-0.2, -0.15) is 0 Å². The van der Waals surface area contributed by atoms with Gasteiger partial charge in [0.2, 0.25) is 0 Å². The number of hydrogen-bond donors (Lipinski definition) is 2. The third-order valence-corrected chi connectivity index (χ3v) is 9.11. The minimum atomic E-state index is 0.465. The fourth-order valence-electron chi connectivity index (χ4n) is 6.87. The summed E-state index contributed by atoms with van der Waals surface area (Å²) in [6.45, 7) is 0. The summed E-state index contributed by atoms with van der Waals surface area (Å²) in [5.41, 5.74) is 24.2. The molecule has 3 aromatic heterocycles. The van der Waals surface area contributed by atoms with Gasteiger partial charge in [-0.15, -0.1) is 5.69 Å². The number of nitrogens with one attached hydrogen (secondary N) is 3. The fourth-order valence-corrected chi connectivity index (χ4v) is 6.87. The van der Waals surface area contributed by atoms with E-state index in [1.54, 1.807) is 0 Å². The van der Waals surface area contributed by atoms with Gasteiger partial charge in [-0.25, -0.2) is 9.97 Å². The van der Waals surface area contributed by atoms with Crippen molar-refractivity contribution in [1.29, 1.82) is 0 Å². The molecule has 3 N–H and O–H groups in total. The molecule has 232 valence electrons. The number of hydrogen-bond acceptors (Lipinski definition) is 2. The van der Waals surface area contributed by atoms with Crippen LogP contribution in [0.3, 0.4) is 0 Å². The second-order valence-electron chi connectivity index (χ2n) is 12.2. The first kappa shape index (κ1) is 28.5. The summed E-state index contributed by atoms with van der Waals surface area (Å²) in [6.07, 6.45) is 8.44. The van der Waals surface area contributed by atoms with E-state index in [1.165, 1.54) is 0 Å². The molecule has 0 radical (unpaired) electrons. The van der Waals surface area contributed by atoms with Crippen molar-refractivity contribution < 1.29 is 0 Å². The summed E-state index contributed by atoms with van der Waals surface area (Å²) >= 11 is 0. The summed E-state index contributed by atoms with van der Waals surface area (Å²) in [5, 5.41) is 0. The molecule has 0 unspecified atom stereocenters. The van der Waals surface area contributed by atoms with Crippen molar-refractivity contribution in [2.24, 2.45) is 0 Å². The van der Waals surface area contributed by atoms with Crippen molar-refractivity contribution in [3.63, 3.8) is 0 Å². The van der Waals surface area contributed by atoms with E-state index in [1.807, 2.05) is 42.5 Å². The standard InChI is InChI=1S/C44H30N5/c45-32-18-16-31(17-19-32)44-39-26-24-37(48-39)42(29-12-6-2-7-13-29)35-22-20-33(46-35)41(28-10-4-1-5-11-28)34-21-23-36(47-34)43(30-14-8-3-9-15-30)38-25-27-40(44)49-38/h1-27,45-46,49H/q-1. The fraction of sp³-hybridized carbons (Fsp3) is 0. The molecule has 49 heavy (non-hydrogen) atoms. The molecule has 5 nitrogen and oxygen atoms in total. The number of benzene rings is 4. The van der Waals surface area contributed by atoms with Gasteiger partial charge in [-0.3, -0.25) is 0 Å². The van der Waals surface area contributed by atoms with Crippen LogP contribution in [0, 0.1) is 0 Å². The minimum absolute atomic E-state index is 0.465. The van der Waals surface area contributed by atoms with Gasteiger partial charge in [0.15, 0.2) is 0 Å². The molecule has 8 bridgehead atoms. The van der Waals surface area contributed by atoms with Crippen molar-refractivity contribution in [1.82, 2.24) is 19.9 Å². The molecule has 0 fully saturated rings. The zero-order valence-corrected chi connectivity index (χ0v) is 26.5. The van der Waals surface area contributed by atoms with Gasteiger partial charge in [-0.1, -0.05) is 115 Å². The lowest BCUT2D eigenvalue weighted by Crippen LogP contribution is -1.89. The maximum atomic E-state index is 8.15. The molecule has 0 saturated heterocycles. The maximum Gasteiger partial charge on any atom is 0.0737 e. The SMILES string of the molecule is [NH-]c1ccc(-c2c3nc(c(-c4ccccc4)c4ccc([nH]4)c(-c4ccccc4)c4nc(c(-c5ccccc5)c5ccc2[nH]5)C=C4)C=C3)cc1. The predicted molar refractivity (Wildman–Crippen MR) is 205 cm³/mol. The topological polar surface area (TPSA) is 81.2 Å². The van der Waals surface area contributed by atoms with Crippen LogP contribution in [0.2, 0.25) is 0 Å². The van der Waals surface area contributed by atoms with E-state index in [2.05, 4.69) is 131 Å². The lowest BCUT2D eigenvalue weighted by molar-refractivity contribution is 1.31. The monoisotopic (exact) mass is 628 g/mol. The largest absolute Gasteiger partial charge is 0.699 e. The lowest BCUT2D eigenvalue weighted by atomic mass is 10.0. The molecule has 0 spiro atoms. The molecule has 9 rings (SSSR count). The van der Waals surface area contributed by atoms with Crippen LogP contribution in [0.25, 0.3) is 96.6 Å².